The summed E-state index contributed by atoms with van der Waals surface area (Å²) in [6.07, 6.45) is 4.99. The molecule has 0 saturated carbocycles. The van der Waals surface area contributed by atoms with E-state index < -0.39 is 6.04 Å². The van der Waals surface area contributed by atoms with Gasteiger partial charge in [0.15, 0.2) is 5.82 Å². The van der Waals surface area contributed by atoms with Gasteiger partial charge in [-0.3, -0.25) is 4.79 Å². The largest absolute Gasteiger partial charge is 0.361 e. The Balaban J connectivity index is 1.40. The Morgan fingerprint density at radius 1 is 1.00 bits per heavy atom. The first kappa shape index (κ1) is 26.6. The summed E-state index contributed by atoms with van der Waals surface area (Å²) >= 11 is 12.6. The van der Waals surface area contributed by atoms with E-state index in [4.69, 9.17) is 28.3 Å². The van der Waals surface area contributed by atoms with Crippen LogP contribution < -0.4 is 10.6 Å². The molecule has 3 N–H and O–H groups in total. The molecular weight excluding hydrogens is 543 g/mol. The van der Waals surface area contributed by atoms with Crippen LogP contribution in [-0.4, -0.2) is 38.2 Å². The van der Waals surface area contributed by atoms with E-state index in [0.717, 1.165) is 52.8 Å². The first-order valence-electron chi connectivity index (χ1n) is 13.5. The van der Waals surface area contributed by atoms with Crippen molar-refractivity contribution in [3.8, 4) is 0 Å². The van der Waals surface area contributed by atoms with Crippen LogP contribution in [0.15, 0.2) is 79.0 Å². The highest BCUT2D eigenvalue weighted by Crippen LogP contribution is 2.28. The highest BCUT2D eigenvalue weighted by Gasteiger charge is 2.29. The smallest absolute Gasteiger partial charge is 0.237 e. The lowest BCUT2D eigenvalue weighted by Crippen LogP contribution is -2.43. The molecule has 6 rings (SSSR count). The van der Waals surface area contributed by atoms with Crippen molar-refractivity contribution in [2.45, 2.75) is 44.3 Å². The monoisotopic (exact) mass is 572 g/mol. The Morgan fingerprint density at radius 2 is 1.82 bits per heavy atom. The highest BCUT2D eigenvalue weighted by molar-refractivity contribution is 6.42. The lowest BCUT2D eigenvalue weighted by atomic mass is 10.0. The van der Waals surface area contributed by atoms with Gasteiger partial charge in [0.25, 0.3) is 0 Å². The van der Waals surface area contributed by atoms with Crippen molar-refractivity contribution in [1.29, 1.82) is 0 Å². The number of carbonyl (C=O) groups is 1. The van der Waals surface area contributed by atoms with Crippen molar-refractivity contribution >= 4 is 40.0 Å². The molecule has 5 aromatic rings. The zero-order valence-electron chi connectivity index (χ0n) is 21.9. The van der Waals surface area contributed by atoms with Crippen LogP contribution in [0.1, 0.15) is 47.2 Å². The van der Waals surface area contributed by atoms with Gasteiger partial charge in [0.1, 0.15) is 5.82 Å². The van der Waals surface area contributed by atoms with E-state index in [1.54, 1.807) is 6.07 Å². The molecule has 7 nitrogen and oxygen atoms in total. The number of aromatic amines is 1. The van der Waals surface area contributed by atoms with Crippen LogP contribution in [0.2, 0.25) is 10.0 Å². The summed E-state index contributed by atoms with van der Waals surface area (Å²) in [5.41, 5.74) is 4.26. The number of halogens is 2. The molecule has 2 aromatic heterocycles. The van der Waals surface area contributed by atoms with Gasteiger partial charge in [-0.25, -0.2) is 0 Å². The maximum Gasteiger partial charge on any atom is 0.237 e. The zero-order valence-corrected chi connectivity index (χ0v) is 23.4. The number of H-pyrrole nitrogens is 1. The fraction of sp³-hybridized carbons (Fsp3) is 0.258. The topological polar surface area (TPSA) is 87.6 Å². The summed E-state index contributed by atoms with van der Waals surface area (Å²) in [5.74, 6) is 1.49. The van der Waals surface area contributed by atoms with Crippen molar-refractivity contribution in [3.05, 3.63) is 117 Å². The van der Waals surface area contributed by atoms with Crippen LogP contribution >= 0.6 is 23.2 Å². The van der Waals surface area contributed by atoms with E-state index in [2.05, 4.69) is 49.5 Å². The second-order valence-corrected chi connectivity index (χ2v) is 11.1. The van der Waals surface area contributed by atoms with Crippen molar-refractivity contribution in [2.75, 3.05) is 6.54 Å². The minimum Gasteiger partial charge on any atom is -0.361 e. The molecular formula is C31H30Cl2N6O. The number of nitrogens with one attached hydrogen (secondary N) is 3. The lowest BCUT2D eigenvalue weighted by molar-refractivity contribution is -0.123. The second kappa shape index (κ2) is 11.8. The fourth-order valence-electron chi connectivity index (χ4n) is 5.42. The summed E-state index contributed by atoms with van der Waals surface area (Å²) in [5, 5.41) is 18.1. The number of aromatic nitrogens is 4. The standard InChI is InChI=1S/C31H30Cl2N6O/c32-24-13-12-21(15-25(24)33)19-39-29(16-20-7-2-1-3-8-20)37-38-30(39)28(36-31(40)27-11-6-14-34-27)17-22-18-35-26-10-5-4-9-23(22)26/h1-5,7-10,12-13,15,18,27-28,34-35H,6,11,14,16-17,19H2,(H,36,40)/t27-,28+/m0/s1. The summed E-state index contributed by atoms with van der Waals surface area (Å²) < 4.78 is 2.11. The Labute approximate surface area is 242 Å². The van der Waals surface area contributed by atoms with E-state index in [9.17, 15) is 4.79 Å². The average molecular weight is 574 g/mol. The number of para-hydroxylation sites is 1. The summed E-state index contributed by atoms with van der Waals surface area (Å²) in [6.45, 7) is 1.34. The number of fused-ring (bicyclic) bond motifs is 1. The van der Waals surface area contributed by atoms with Crippen molar-refractivity contribution < 1.29 is 4.79 Å². The van der Waals surface area contributed by atoms with Gasteiger partial charge < -0.3 is 20.2 Å². The third kappa shape index (κ3) is 5.77. The molecule has 2 atom stereocenters. The maximum absolute atomic E-state index is 13.4. The molecule has 0 unspecified atom stereocenters. The predicted molar refractivity (Wildman–Crippen MR) is 159 cm³/mol. The summed E-state index contributed by atoms with van der Waals surface area (Å²) in [7, 11) is 0. The number of rotatable bonds is 9. The van der Waals surface area contributed by atoms with Gasteiger partial charge in [-0.1, -0.05) is 77.8 Å². The zero-order chi connectivity index (χ0) is 27.5. The molecule has 40 heavy (non-hydrogen) atoms. The van der Waals surface area contributed by atoms with E-state index in [1.165, 1.54) is 0 Å². The van der Waals surface area contributed by atoms with Gasteiger partial charge >= 0.3 is 0 Å². The molecule has 3 aromatic carbocycles. The van der Waals surface area contributed by atoms with Crippen molar-refractivity contribution in [3.63, 3.8) is 0 Å². The van der Waals surface area contributed by atoms with Gasteiger partial charge in [-0.05, 0) is 54.3 Å². The van der Waals surface area contributed by atoms with E-state index in [1.807, 2.05) is 48.7 Å². The van der Waals surface area contributed by atoms with Crippen molar-refractivity contribution in [2.24, 2.45) is 0 Å². The normalized spacial score (nSPS) is 15.9. The van der Waals surface area contributed by atoms with Gasteiger partial charge in [-0.2, -0.15) is 0 Å². The molecule has 3 heterocycles. The molecule has 0 bridgehead atoms. The van der Waals surface area contributed by atoms with Crippen molar-refractivity contribution in [1.82, 2.24) is 30.4 Å². The van der Waals surface area contributed by atoms with Crippen LogP contribution in [0.4, 0.5) is 0 Å². The van der Waals surface area contributed by atoms with Crippen LogP contribution in [0.5, 0.6) is 0 Å². The molecule has 1 aliphatic rings. The number of amides is 1. The number of hydrogen-bond acceptors (Lipinski definition) is 4. The van der Waals surface area contributed by atoms with Gasteiger partial charge in [0.2, 0.25) is 5.91 Å². The fourth-order valence-corrected chi connectivity index (χ4v) is 5.74. The minimum absolute atomic E-state index is 0.0176. The van der Waals surface area contributed by atoms with Gasteiger partial charge in [0, 0.05) is 29.9 Å². The van der Waals surface area contributed by atoms with E-state index in [-0.39, 0.29) is 11.9 Å². The number of hydrogen-bond donors (Lipinski definition) is 3. The second-order valence-electron chi connectivity index (χ2n) is 10.2. The maximum atomic E-state index is 13.4. The third-order valence-electron chi connectivity index (χ3n) is 7.49. The molecule has 9 heteroatoms. The molecule has 0 spiro atoms. The Morgan fingerprint density at radius 3 is 2.62 bits per heavy atom. The quantitative estimate of drug-likeness (QED) is 0.206. The first-order chi connectivity index (χ1) is 19.5. The predicted octanol–water partition coefficient (Wildman–Crippen LogP) is 5.86. The number of carbonyl (C=O) groups excluding carboxylic acids is 1. The average Bonchev–Trinajstić information content (AvgIpc) is 3.73. The number of nitrogens with zero attached hydrogens (tertiary/aromatic N) is 3. The Hall–Kier alpha value is -3.65. The summed E-state index contributed by atoms with van der Waals surface area (Å²) in [6, 6.07) is 23.4. The van der Waals surface area contributed by atoms with Gasteiger partial charge in [-0.15, -0.1) is 10.2 Å². The number of benzene rings is 3. The first-order valence-corrected chi connectivity index (χ1v) is 14.3. The van der Waals surface area contributed by atoms with Crippen LogP contribution in [0.3, 0.4) is 0 Å². The SMILES string of the molecule is O=C(N[C@H](Cc1c[nH]c2ccccc12)c1nnc(Cc2ccccc2)n1Cc1ccc(Cl)c(Cl)c1)[C@@H]1CCCN1. The van der Waals surface area contributed by atoms with E-state index in [0.29, 0.717) is 35.3 Å². The van der Waals surface area contributed by atoms with E-state index >= 15 is 0 Å². The minimum atomic E-state index is -0.395. The van der Waals surface area contributed by atoms with Crippen LogP contribution in [0, 0.1) is 0 Å². The molecule has 0 radical (unpaired) electrons. The van der Waals surface area contributed by atoms with Gasteiger partial charge in [0.05, 0.1) is 28.7 Å². The molecule has 1 saturated heterocycles. The highest BCUT2D eigenvalue weighted by atomic mass is 35.5. The summed E-state index contributed by atoms with van der Waals surface area (Å²) in [4.78, 5) is 16.8. The Bertz CT molecular complexity index is 1620. The Kier molecular flexibility index (Phi) is 7.86. The van der Waals surface area contributed by atoms with Crippen LogP contribution in [-0.2, 0) is 24.2 Å². The third-order valence-corrected chi connectivity index (χ3v) is 8.23. The van der Waals surface area contributed by atoms with Crippen LogP contribution in [0.25, 0.3) is 10.9 Å². The molecule has 1 fully saturated rings. The molecule has 204 valence electrons. The lowest BCUT2D eigenvalue weighted by Gasteiger charge is -2.22. The molecule has 0 aliphatic carbocycles. The molecule has 1 amide bonds. The molecule has 1 aliphatic heterocycles.